The van der Waals surface area contributed by atoms with Crippen LogP contribution in [0, 0.1) is 11.7 Å². The van der Waals surface area contributed by atoms with Gasteiger partial charge in [0.15, 0.2) is 0 Å². The summed E-state index contributed by atoms with van der Waals surface area (Å²) < 4.78 is 26.6. The SMILES string of the molecule is COCC(=O)O[C@]1(CCN(C)CCCCCc2nc3ccccc3s2)CCc2cc(F)ccc2[C@@H]1C(C)C. The minimum absolute atomic E-state index is 0.00913. The van der Waals surface area contributed by atoms with E-state index in [0.29, 0.717) is 12.8 Å². The van der Waals surface area contributed by atoms with E-state index in [1.54, 1.807) is 17.4 Å². The van der Waals surface area contributed by atoms with Crippen LogP contribution >= 0.6 is 11.3 Å². The summed E-state index contributed by atoms with van der Waals surface area (Å²) in [5, 5.41) is 1.22. The normalized spacial score (nSPS) is 19.3. The molecule has 1 aromatic heterocycles. The summed E-state index contributed by atoms with van der Waals surface area (Å²) in [6, 6.07) is 13.4. The van der Waals surface area contributed by atoms with Gasteiger partial charge in [-0.25, -0.2) is 14.2 Å². The number of rotatable bonds is 13. The number of esters is 1. The Balaban J connectivity index is 1.34. The lowest BCUT2D eigenvalue weighted by molar-refractivity contribution is -0.172. The van der Waals surface area contributed by atoms with Crippen molar-refractivity contribution in [3.8, 4) is 0 Å². The molecule has 0 aliphatic heterocycles. The third-order valence-corrected chi connectivity index (χ3v) is 8.85. The second-order valence-corrected chi connectivity index (χ2v) is 12.1. The molecule has 0 saturated carbocycles. The first-order valence-electron chi connectivity index (χ1n) is 13.8. The lowest BCUT2D eigenvalue weighted by Gasteiger charge is -2.47. The monoisotopic (exact) mass is 540 g/mol. The van der Waals surface area contributed by atoms with E-state index in [9.17, 15) is 9.18 Å². The molecule has 2 atom stereocenters. The van der Waals surface area contributed by atoms with Gasteiger partial charge in [-0.1, -0.05) is 38.5 Å². The second kappa shape index (κ2) is 13.1. The fourth-order valence-electron chi connectivity index (χ4n) is 6.02. The number of hydrogen-bond donors (Lipinski definition) is 0. The molecule has 1 aliphatic carbocycles. The molecule has 7 heteroatoms. The first-order valence-corrected chi connectivity index (χ1v) is 14.6. The molecule has 0 N–H and O–H groups in total. The van der Waals surface area contributed by atoms with Crippen LogP contribution in [0.5, 0.6) is 0 Å². The molecule has 2 aromatic carbocycles. The number of para-hydroxylation sites is 1. The smallest absolute Gasteiger partial charge is 0.332 e. The summed E-state index contributed by atoms with van der Waals surface area (Å²) in [4.78, 5) is 19.8. The van der Waals surface area contributed by atoms with Crippen molar-refractivity contribution >= 4 is 27.5 Å². The van der Waals surface area contributed by atoms with E-state index in [1.807, 2.05) is 12.1 Å². The van der Waals surface area contributed by atoms with Gasteiger partial charge in [0.2, 0.25) is 0 Å². The predicted octanol–water partition coefficient (Wildman–Crippen LogP) is 6.78. The topological polar surface area (TPSA) is 51.7 Å². The van der Waals surface area contributed by atoms with Gasteiger partial charge in [0, 0.05) is 26.0 Å². The number of aromatic nitrogens is 1. The van der Waals surface area contributed by atoms with Crippen molar-refractivity contribution < 1.29 is 18.7 Å². The summed E-state index contributed by atoms with van der Waals surface area (Å²) in [5.41, 5.74) is 2.61. The van der Waals surface area contributed by atoms with Crippen molar-refractivity contribution in [2.75, 3.05) is 33.9 Å². The summed E-state index contributed by atoms with van der Waals surface area (Å²) in [6.07, 6.45) is 6.57. The average Bonchev–Trinajstić information content (AvgIpc) is 3.30. The van der Waals surface area contributed by atoms with Gasteiger partial charge in [-0.3, -0.25) is 0 Å². The Kier molecular flexibility index (Phi) is 9.91. The highest BCUT2D eigenvalue weighted by molar-refractivity contribution is 7.18. The number of carbonyl (C=O) groups excluding carboxylic acids is 1. The lowest BCUT2D eigenvalue weighted by atomic mass is 9.65. The van der Waals surface area contributed by atoms with Gasteiger partial charge < -0.3 is 14.4 Å². The maximum absolute atomic E-state index is 14.0. The molecule has 5 nitrogen and oxygen atoms in total. The summed E-state index contributed by atoms with van der Waals surface area (Å²) in [7, 11) is 3.66. The highest BCUT2D eigenvalue weighted by atomic mass is 32.1. The first kappa shape index (κ1) is 28.7. The van der Waals surface area contributed by atoms with Gasteiger partial charge in [0.25, 0.3) is 0 Å². The third-order valence-electron chi connectivity index (χ3n) is 7.76. The Hall–Kier alpha value is -2.35. The molecule has 1 heterocycles. The average molecular weight is 541 g/mol. The maximum atomic E-state index is 14.0. The third kappa shape index (κ3) is 6.99. The second-order valence-electron chi connectivity index (χ2n) is 11.0. The molecular weight excluding hydrogens is 499 g/mol. The van der Waals surface area contributed by atoms with Crippen molar-refractivity contribution in [2.45, 2.75) is 70.3 Å². The molecule has 0 fully saturated rings. The molecule has 4 rings (SSSR count). The minimum Gasteiger partial charge on any atom is -0.457 e. The molecule has 0 spiro atoms. The van der Waals surface area contributed by atoms with Gasteiger partial charge >= 0.3 is 5.97 Å². The van der Waals surface area contributed by atoms with Crippen LogP contribution in [-0.2, 0) is 27.1 Å². The molecule has 206 valence electrons. The summed E-state index contributed by atoms with van der Waals surface area (Å²) in [6.45, 7) is 6.09. The van der Waals surface area contributed by atoms with Crippen molar-refractivity contribution in [3.05, 3.63) is 64.4 Å². The Morgan fingerprint density at radius 3 is 2.76 bits per heavy atom. The zero-order valence-corrected chi connectivity index (χ0v) is 24.0. The fourth-order valence-corrected chi connectivity index (χ4v) is 7.03. The van der Waals surface area contributed by atoms with Crippen LogP contribution < -0.4 is 0 Å². The van der Waals surface area contributed by atoms with Gasteiger partial charge in [-0.2, -0.15) is 0 Å². The van der Waals surface area contributed by atoms with E-state index < -0.39 is 5.60 Å². The van der Waals surface area contributed by atoms with E-state index in [2.05, 4.69) is 44.0 Å². The fraction of sp³-hybridized carbons (Fsp3) is 0.548. The van der Waals surface area contributed by atoms with Crippen LogP contribution in [0.25, 0.3) is 10.2 Å². The van der Waals surface area contributed by atoms with E-state index in [4.69, 9.17) is 14.5 Å². The number of unbranched alkanes of at least 4 members (excludes halogenated alkanes) is 2. The Labute approximate surface area is 230 Å². The van der Waals surface area contributed by atoms with Gasteiger partial charge in [-0.15, -0.1) is 11.3 Å². The van der Waals surface area contributed by atoms with Crippen molar-refractivity contribution in [1.82, 2.24) is 9.88 Å². The minimum atomic E-state index is -0.629. The number of carbonyl (C=O) groups is 1. The van der Waals surface area contributed by atoms with Crippen LogP contribution in [0.15, 0.2) is 42.5 Å². The standard InChI is InChI=1S/C31H41FN2O3S/c1-22(2)30-25-14-13-24(32)20-23(25)15-16-31(30,37-29(35)21-36-4)17-19-34(3)18-9-5-6-12-28-33-26-10-7-8-11-27(26)38-28/h7-8,10-11,13-14,20,22,30H,5-6,9,12,15-19,21H2,1-4H3/t30-,31-/m0/s1. The summed E-state index contributed by atoms with van der Waals surface area (Å²) >= 11 is 1.80. The highest BCUT2D eigenvalue weighted by Gasteiger charge is 2.47. The van der Waals surface area contributed by atoms with Crippen LogP contribution in [0.3, 0.4) is 0 Å². The lowest BCUT2D eigenvalue weighted by Crippen LogP contribution is -2.49. The first-order chi connectivity index (χ1) is 18.3. The number of thiazole rings is 1. The molecule has 1 aliphatic rings. The Morgan fingerprint density at radius 1 is 1.18 bits per heavy atom. The van der Waals surface area contributed by atoms with Crippen molar-refractivity contribution in [1.29, 1.82) is 0 Å². The van der Waals surface area contributed by atoms with Crippen molar-refractivity contribution in [3.63, 3.8) is 0 Å². The number of ether oxygens (including phenoxy) is 2. The summed E-state index contributed by atoms with van der Waals surface area (Å²) in [5.74, 6) is -0.295. The number of methoxy groups -OCH3 is 1. The van der Waals surface area contributed by atoms with E-state index in [1.165, 1.54) is 22.9 Å². The molecular formula is C31H41FN2O3S. The number of halogens is 1. The van der Waals surface area contributed by atoms with Crippen LogP contribution in [-0.4, -0.2) is 55.3 Å². The number of nitrogens with zero attached hydrogens (tertiary/aromatic N) is 2. The molecule has 38 heavy (non-hydrogen) atoms. The Morgan fingerprint density at radius 2 is 2.00 bits per heavy atom. The molecule has 0 radical (unpaired) electrons. The van der Waals surface area contributed by atoms with Gasteiger partial charge in [-0.05, 0) is 87.0 Å². The maximum Gasteiger partial charge on any atom is 0.332 e. The van der Waals surface area contributed by atoms with Gasteiger partial charge in [0.05, 0.1) is 15.2 Å². The molecule has 0 saturated heterocycles. The number of fused-ring (bicyclic) bond motifs is 2. The van der Waals surface area contributed by atoms with E-state index in [0.717, 1.165) is 61.8 Å². The van der Waals surface area contributed by atoms with Crippen LogP contribution in [0.1, 0.15) is 68.0 Å². The van der Waals surface area contributed by atoms with E-state index >= 15 is 0 Å². The van der Waals surface area contributed by atoms with Crippen LogP contribution in [0.2, 0.25) is 0 Å². The largest absolute Gasteiger partial charge is 0.457 e. The zero-order chi connectivity index (χ0) is 27.1. The van der Waals surface area contributed by atoms with Crippen molar-refractivity contribution in [2.24, 2.45) is 5.92 Å². The number of hydrogen-bond acceptors (Lipinski definition) is 6. The highest BCUT2D eigenvalue weighted by Crippen LogP contribution is 2.48. The Bertz CT molecular complexity index is 1180. The number of aryl methyl sites for hydroxylation is 2. The quantitative estimate of drug-likeness (QED) is 0.177. The van der Waals surface area contributed by atoms with Gasteiger partial charge in [0.1, 0.15) is 18.0 Å². The predicted molar refractivity (Wildman–Crippen MR) is 152 cm³/mol. The molecule has 3 aromatic rings. The number of benzene rings is 2. The molecule has 0 unspecified atom stereocenters. The van der Waals surface area contributed by atoms with Crippen LogP contribution in [0.4, 0.5) is 4.39 Å². The molecule has 0 amide bonds. The molecule has 0 bridgehead atoms. The zero-order valence-electron chi connectivity index (χ0n) is 23.2. The van der Waals surface area contributed by atoms with E-state index in [-0.39, 0.29) is 30.2 Å².